The summed E-state index contributed by atoms with van der Waals surface area (Å²) in [6, 6.07) is 15.3. The van der Waals surface area contributed by atoms with Crippen molar-refractivity contribution in [3.63, 3.8) is 0 Å². The highest BCUT2D eigenvalue weighted by molar-refractivity contribution is 5.82. The molecule has 1 fully saturated rings. The minimum atomic E-state index is 0.200. The van der Waals surface area contributed by atoms with Crippen LogP contribution >= 0.6 is 0 Å². The van der Waals surface area contributed by atoms with Gasteiger partial charge in [0.2, 0.25) is 0 Å². The molecule has 2 nitrogen and oxygen atoms in total. The fourth-order valence-electron chi connectivity index (χ4n) is 2.95. The third-order valence-electron chi connectivity index (χ3n) is 4.12. The van der Waals surface area contributed by atoms with Gasteiger partial charge < -0.3 is 10.5 Å². The lowest BCUT2D eigenvalue weighted by molar-refractivity contribution is 0.118. The summed E-state index contributed by atoms with van der Waals surface area (Å²) in [5, 5.41) is 2.58. The standard InChI is InChI=1S/C17H21NO/c1-12-8-16(11-19-12)17(18)10-13-6-7-14-4-2-3-5-15(14)9-13/h2-7,9,12,16-17H,8,10-11,18H2,1H3. The first-order valence-electron chi connectivity index (χ1n) is 7.07. The maximum atomic E-state index is 6.34. The van der Waals surface area contributed by atoms with Crippen LogP contribution in [-0.4, -0.2) is 18.8 Å². The van der Waals surface area contributed by atoms with Crippen LogP contribution in [0.4, 0.5) is 0 Å². The molecule has 2 aromatic carbocycles. The molecule has 100 valence electrons. The summed E-state index contributed by atoms with van der Waals surface area (Å²) in [6.07, 6.45) is 2.40. The molecule has 0 radical (unpaired) electrons. The van der Waals surface area contributed by atoms with E-state index in [1.165, 1.54) is 16.3 Å². The molecule has 3 unspecified atom stereocenters. The van der Waals surface area contributed by atoms with E-state index in [1.807, 2.05) is 0 Å². The van der Waals surface area contributed by atoms with Crippen molar-refractivity contribution < 1.29 is 4.74 Å². The lowest BCUT2D eigenvalue weighted by atomic mass is 9.91. The average Bonchev–Trinajstić information content (AvgIpc) is 2.85. The van der Waals surface area contributed by atoms with Gasteiger partial charge in [-0.05, 0) is 36.1 Å². The van der Waals surface area contributed by atoms with Crippen molar-refractivity contribution in [1.82, 2.24) is 0 Å². The molecule has 1 aliphatic heterocycles. The van der Waals surface area contributed by atoms with Crippen LogP contribution in [0.5, 0.6) is 0 Å². The number of ether oxygens (including phenoxy) is 1. The Labute approximate surface area is 114 Å². The first-order chi connectivity index (χ1) is 9.22. The number of hydrogen-bond acceptors (Lipinski definition) is 2. The van der Waals surface area contributed by atoms with E-state index in [0.717, 1.165) is 19.4 Å². The second-order valence-corrected chi connectivity index (χ2v) is 5.69. The minimum Gasteiger partial charge on any atom is -0.378 e. The van der Waals surface area contributed by atoms with E-state index >= 15 is 0 Å². The molecule has 0 bridgehead atoms. The number of benzene rings is 2. The Morgan fingerprint density at radius 2 is 2.00 bits per heavy atom. The van der Waals surface area contributed by atoms with Crippen molar-refractivity contribution in [3.05, 3.63) is 48.0 Å². The fraction of sp³-hybridized carbons (Fsp3) is 0.412. The number of rotatable bonds is 3. The molecular weight excluding hydrogens is 234 g/mol. The predicted molar refractivity (Wildman–Crippen MR) is 79.1 cm³/mol. The summed E-state index contributed by atoms with van der Waals surface area (Å²) in [5.41, 5.74) is 7.66. The highest BCUT2D eigenvalue weighted by Crippen LogP contribution is 2.24. The molecule has 3 rings (SSSR count). The van der Waals surface area contributed by atoms with Gasteiger partial charge >= 0.3 is 0 Å². The van der Waals surface area contributed by atoms with E-state index in [4.69, 9.17) is 10.5 Å². The smallest absolute Gasteiger partial charge is 0.0551 e. The van der Waals surface area contributed by atoms with E-state index in [9.17, 15) is 0 Å². The summed E-state index contributed by atoms with van der Waals surface area (Å²) in [5.74, 6) is 0.501. The Balaban J connectivity index is 1.74. The molecule has 0 aromatic heterocycles. The van der Waals surface area contributed by atoms with Crippen LogP contribution in [0.3, 0.4) is 0 Å². The van der Waals surface area contributed by atoms with Gasteiger partial charge in [0, 0.05) is 12.0 Å². The molecule has 1 saturated heterocycles. The van der Waals surface area contributed by atoms with Gasteiger partial charge in [-0.25, -0.2) is 0 Å². The quantitative estimate of drug-likeness (QED) is 0.914. The van der Waals surface area contributed by atoms with Crippen molar-refractivity contribution in [3.8, 4) is 0 Å². The second-order valence-electron chi connectivity index (χ2n) is 5.69. The molecule has 3 atom stereocenters. The molecule has 19 heavy (non-hydrogen) atoms. The first kappa shape index (κ1) is 12.6. The van der Waals surface area contributed by atoms with Gasteiger partial charge in [0.1, 0.15) is 0 Å². The number of nitrogens with two attached hydrogens (primary N) is 1. The van der Waals surface area contributed by atoms with Crippen molar-refractivity contribution in [1.29, 1.82) is 0 Å². The van der Waals surface area contributed by atoms with Gasteiger partial charge in [-0.2, -0.15) is 0 Å². The summed E-state index contributed by atoms with van der Waals surface area (Å²) >= 11 is 0. The predicted octanol–water partition coefficient (Wildman–Crippen LogP) is 3.13. The molecule has 1 heterocycles. The SMILES string of the molecule is CC1CC(C(N)Cc2ccc3ccccc3c2)CO1. The zero-order chi connectivity index (χ0) is 13.2. The van der Waals surface area contributed by atoms with Crippen molar-refractivity contribution in [2.75, 3.05) is 6.61 Å². The maximum absolute atomic E-state index is 6.34. The molecule has 1 aliphatic rings. The zero-order valence-corrected chi connectivity index (χ0v) is 11.4. The van der Waals surface area contributed by atoms with Crippen LogP contribution in [0.25, 0.3) is 10.8 Å². The van der Waals surface area contributed by atoms with Gasteiger partial charge in [-0.1, -0.05) is 42.5 Å². The Bertz CT molecular complexity index is 566. The van der Waals surface area contributed by atoms with Gasteiger partial charge in [-0.3, -0.25) is 0 Å². The zero-order valence-electron chi connectivity index (χ0n) is 11.4. The highest BCUT2D eigenvalue weighted by atomic mass is 16.5. The Hall–Kier alpha value is -1.38. The third kappa shape index (κ3) is 2.80. The monoisotopic (exact) mass is 255 g/mol. The fourth-order valence-corrected chi connectivity index (χ4v) is 2.95. The van der Waals surface area contributed by atoms with Crippen molar-refractivity contribution in [2.24, 2.45) is 11.7 Å². The molecule has 0 spiro atoms. The summed E-state index contributed by atoms with van der Waals surface area (Å²) < 4.78 is 5.61. The first-order valence-corrected chi connectivity index (χ1v) is 7.07. The van der Waals surface area contributed by atoms with E-state index in [-0.39, 0.29) is 6.04 Å². The van der Waals surface area contributed by atoms with Gasteiger partial charge in [-0.15, -0.1) is 0 Å². The molecule has 0 aliphatic carbocycles. The van der Waals surface area contributed by atoms with Gasteiger partial charge in [0.15, 0.2) is 0 Å². The lowest BCUT2D eigenvalue weighted by Crippen LogP contribution is -2.32. The van der Waals surface area contributed by atoms with E-state index in [0.29, 0.717) is 12.0 Å². The Morgan fingerprint density at radius 1 is 1.21 bits per heavy atom. The minimum absolute atomic E-state index is 0.200. The van der Waals surface area contributed by atoms with E-state index in [1.54, 1.807) is 0 Å². The van der Waals surface area contributed by atoms with Gasteiger partial charge in [0.05, 0.1) is 12.7 Å². The maximum Gasteiger partial charge on any atom is 0.0551 e. The van der Waals surface area contributed by atoms with Crippen molar-refractivity contribution in [2.45, 2.75) is 31.9 Å². The third-order valence-corrected chi connectivity index (χ3v) is 4.12. The molecule has 0 amide bonds. The van der Waals surface area contributed by atoms with Crippen LogP contribution in [0.15, 0.2) is 42.5 Å². The average molecular weight is 255 g/mol. The Morgan fingerprint density at radius 3 is 2.74 bits per heavy atom. The van der Waals surface area contributed by atoms with Crippen LogP contribution in [0.2, 0.25) is 0 Å². The topological polar surface area (TPSA) is 35.2 Å². The lowest BCUT2D eigenvalue weighted by Gasteiger charge is -2.18. The molecule has 2 heteroatoms. The molecular formula is C17H21NO. The summed E-state index contributed by atoms with van der Waals surface area (Å²) in [6.45, 7) is 2.94. The van der Waals surface area contributed by atoms with Crippen LogP contribution < -0.4 is 5.73 Å². The Kier molecular flexibility index (Phi) is 3.54. The normalized spacial score (nSPS) is 24.7. The number of fused-ring (bicyclic) bond motifs is 1. The highest BCUT2D eigenvalue weighted by Gasteiger charge is 2.27. The van der Waals surface area contributed by atoms with Crippen LogP contribution in [0, 0.1) is 5.92 Å². The second kappa shape index (κ2) is 5.32. The van der Waals surface area contributed by atoms with Crippen molar-refractivity contribution >= 4 is 10.8 Å². The number of hydrogen-bond donors (Lipinski definition) is 1. The summed E-state index contributed by atoms with van der Waals surface area (Å²) in [7, 11) is 0. The van der Waals surface area contributed by atoms with Crippen LogP contribution in [0.1, 0.15) is 18.9 Å². The molecule has 2 N–H and O–H groups in total. The van der Waals surface area contributed by atoms with E-state index < -0.39 is 0 Å². The summed E-state index contributed by atoms with van der Waals surface area (Å²) in [4.78, 5) is 0. The molecule has 2 aromatic rings. The largest absolute Gasteiger partial charge is 0.378 e. The molecule has 0 saturated carbocycles. The van der Waals surface area contributed by atoms with E-state index in [2.05, 4.69) is 49.4 Å². The van der Waals surface area contributed by atoms with Gasteiger partial charge in [0.25, 0.3) is 0 Å². The van der Waals surface area contributed by atoms with Crippen LogP contribution in [-0.2, 0) is 11.2 Å².